The van der Waals surface area contributed by atoms with Crippen LogP contribution in [-0.4, -0.2) is 36.8 Å². The maximum Gasteiger partial charge on any atom is 0.317 e. The first kappa shape index (κ1) is 12.4. The van der Waals surface area contributed by atoms with Crippen LogP contribution in [0.5, 0.6) is 0 Å². The zero-order chi connectivity index (χ0) is 12.3. The Labute approximate surface area is 109 Å². The summed E-state index contributed by atoms with van der Waals surface area (Å²) in [5, 5.41) is 11.7. The number of carboxylic acid groups (broad SMARTS) is 1. The highest BCUT2D eigenvalue weighted by Gasteiger charge is 2.22. The van der Waals surface area contributed by atoms with E-state index < -0.39 is 5.97 Å². The van der Waals surface area contributed by atoms with Gasteiger partial charge in [-0.25, -0.2) is 0 Å². The molecule has 17 heavy (non-hydrogen) atoms. The summed E-state index contributed by atoms with van der Waals surface area (Å²) in [6.45, 7) is 1.87. The Morgan fingerprint density at radius 2 is 2.41 bits per heavy atom. The average molecular weight is 299 g/mol. The van der Waals surface area contributed by atoms with Crippen molar-refractivity contribution >= 4 is 27.6 Å². The topological polar surface area (TPSA) is 52.6 Å². The van der Waals surface area contributed by atoms with Gasteiger partial charge in [-0.1, -0.05) is 22.0 Å². The van der Waals surface area contributed by atoms with Gasteiger partial charge in [-0.05, 0) is 24.6 Å². The molecular weight excluding hydrogens is 284 g/mol. The first-order valence-corrected chi connectivity index (χ1v) is 6.40. The van der Waals surface area contributed by atoms with Crippen molar-refractivity contribution in [2.75, 3.05) is 24.5 Å². The lowest BCUT2D eigenvalue weighted by molar-refractivity contribution is -0.136. The lowest BCUT2D eigenvalue weighted by Gasteiger charge is -2.19. The van der Waals surface area contributed by atoms with Gasteiger partial charge in [0.25, 0.3) is 0 Å². The molecule has 92 valence electrons. The van der Waals surface area contributed by atoms with E-state index in [1.54, 1.807) is 0 Å². The van der Waals surface area contributed by atoms with Crippen LogP contribution < -0.4 is 10.2 Å². The molecule has 1 unspecified atom stereocenters. The number of carboxylic acids is 1. The first-order chi connectivity index (χ1) is 8.15. The van der Waals surface area contributed by atoms with E-state index in [4.69, 9.17) is 5.11 Å². The predicted octanol–water partition coefficient (Wildman–Crippen LogP) is 1.70. The fraction of sp³-hybridized carbons (Fsp3) is 0.417. The number of nitrogens with one attached hydrogen (secondary N) is 1. The Kier molecular flexibility index (Phi) is 4.02. The standard InChI is InChI=1S/C12H15BrN2O2/c13-9-2-1-3-11(6-9)15-5-4-10(8-15)14-7-12(16)17/h1-3,6,10,14H,4-5,7-8H2,(H,16,17). The van der Waals surface area contributed by atoms with E-state index >= 15 is 0 Å². The zero-order valence-corrected chi connectivity index (χ0v) is 11.0. The molecule has 1 saturated heterocycles. The lowest BCUT2D eigenvalue weighted by atomic mass is 10.2. The second-order valence-corrected chi connectivity index (χ2v) is 5.10. The minimum absolute atomic E-state index is 0.0387. The van der Waals surface area contributed by atoms with Gasteiger partial charge in [-0.3, -0.25) is 4.79 Å². The molecule has 1 heterocycles. The molecule has 0 bridgehead atoms. The van der Waals surface area contributed by atoms with Gasteiger partial charge in [0.1, 0.15) is 0 Å². The van der Waals surface area contributed by atoms with E-state index in [1.165, 1.54) is 5.69 Å². The van der Waals surface area contributed by atoms with Crippen molar-refractivity contribution in [3.8, 4) is 0 Å². The van der Waals surface area contributed by atoms with Crippen molar-refractivity contribution in [2.45, 2.75) is 12.5 Å². The van der Waals surface area contributed by atoms with Crippen LogP contribution in [0.1, 0.15) is 6.42 Å². The van der Waals surface area contributed by atoms with Crippen molar-refractivity contribution < 1.29 is 9.90 Å². The van der Waals surface area contributed by atoms with E-state index in [0.717, 1.165) is 24.0 Å². The molecule has 0 saturated carbocycles. The molecule has 1 aliphatic heterocycles. The molecule has 1 atom stereocenters. The third-order valence-corrected chi connectivity index (χ3v) is 3.40. The largest absolute Gasteiger partial charge is 0.480 e. The Morgan fingerprint density at radius 1 is 1.59 bits per heavy atom. The second kappa shape index (κ2) is 5.51. The summed E-state index contributed by atoms with van der Waals surface area (Å²) < 4.78 is 1.07. The Hall–Kier alpha value is -1.07. The number of hydrogen-bond donors (Lipinski definition) is 2. The van der Waals surface area contributed by atoms with Crippen molar-refractivity contribution in [3.63, 3.8) is 0 Å². The Bertz CT molecular complexity index is 411. The van der Waals surface area contributed by atoms with Gasteiger partial charge in [0, 0.05) is 29.3 Å². The number of hydrogen-bond acceptors (Lipinski definition) is 3. The van der Waals surface area contributed by atoms with E-state index in [2.05, 4.69) is 38.3 Å². The molecule has 0 aromatic heterocycles. The van der Waals surface area contributed by atoms with Gasteiger partial charge >= 0.3 is 5.97 Å². The van der Waals surface area contributed by atoms with Gasteiger partial charge in [0.05, 0.1) is 6.54 Å². The first-order valence-electron chi connectivity index (χ1n) is 5.61. The monoisotopic (exact) mass is 298 g/mol. The maximum atomic E-state index is 10.5. The third kappa shape index (κ3) is 3.44. The molecule has 0 radical (unpaired) electrons. The summed E-state index contributed by atoms with van der Waals surface area (Å²) in [4.78, 5) is 12.7. The Balaban J connectivity index is 1.91. The van der Waals surface area contributed by atoms with Crippen LogP contribution in [0.25, 0.3) is 0 Å². The predicted molar refractivity (Wildman–Crippen MR) is 70.4 cm³/mol. The highest BCUT2D eigenvalue weighted by Crippen LogP contribution is 2.23. The van der Waals surface area contributed by atoms with E-state index in [1.807, 2.05) is 12.1 Å². The average Bonchev–Trinajstić information content (AvgIpc) is 2.75. The van der Waals surface area contributed by atoms with Crippen molar-refractivity contribution in [2.24, 2.45) is 0 Å². The minimum atomic E-state index is -0.800. The minimum Gasteiger partial charge on any atom is -0.480 e. The van der Waals surface area contributed by atoms with Gasteiger partial charge < -0.3 is 15.3 Å². The van der Waals surface area contributed by atoms with Crippen LogP contribution >= 0.6 is 15.9 Å². The normalized spacial score (nSPS) is 19.6. The van der Waals surface area contributed by atoms with Gasteiger partial charge in [0.15, 0.2) is 0 Å². The van der Waals surface area contributed by atoms with Gasteiger partial charge in [-0.2, -0.15) is 0 Å². The summed E-state index contributed by atoms with van der Waals surface area (Å²) >= 11 is 3.45. The molecule has 0 amide bonds. The number of aliphatic carboxylic acids is 1. The summed E-state index contributed by atoms with van der Waals surface area (Å²) in [6, 6.07) is 8.44. The molecule has 1 aromatic rings. The van der Waals surface area contributed by atoms with Crippen LogP contribution in [-0.2, 0) is 4.79 Å². The number of carbonyl (C=O) groups is 1. The molecule has 2 rings (SSSR count). The van der Waals surface area contributed by atoms with Crippen LogP contribution in [0.3, 0.4) is 0 Å². The molecule has 0 spiro atoms. The van der Waals surface area contributed by atoms with E-state index in [0.29, 0.717) is 0 Å². The molecule has 1 aromatic carbocycles. The van der Waals surface area contributed by atoms with Crippen molar-refractivity contribution in [1.82, 2.24) is 5.32 Å². The third-order valence-electron chi connectivity index (χ3n) is 2.90. The van der Waals surface area contributed by atoms with Crippen LogP contribution in [0, 0.1) is 0 Å². The molecule has 4 nitrogen and oxygen atoms in total. The summed E-state index contributed by atoms with van der Waals surface area (Å²) in [6.07, 6.45) is 0.986. The zero-order valence-electron chi connectivity index (χ0n) is 9.40. The molecule has 2 N–H and O–H groups in total. The number of benzene rings is 1. The summed E-state index contributed by atoms with van der Waals surface area (Å²) in [7, 11) is 0. The smallest absolute Gasteiger partial charge is 0.317 e. The van der Waals surface area contributed by atoms with E-state index in [-0.39, 0.29) is 12.6 Å². The number of halogens is 1. The number of anilines is 1. The fourth-order valence-electron chi connectivity index (χ4n) is 2.07. The van der Waals surface area contributed by atoms with Gasteiger partial charge in [0.2, 0.25) is 0 Å². The summed E-state index contributed by atoms with van der Waals surface area (Å²) in [5.74, 6) is -0.800. The highest BCUT2D eigenvalue weighted by molar-refractivity contribution is 9.10. The van der Waals surface area contributed by atoms with Crippen LogP contribution in [0.2, 0.25) is 0 Å². The van der Waals surface area contributed by atoms with Gasteiger partial charge in [-0.15, -0.1) is 0 Å². The van der Waals surface area contributed by atoms with Crippen molar-refractivity contribution in [1.29, 1.82) is 0 Å². The van der Waals surface area contributed by atoms with Crippen LogP contribution in [0.15, 0.2) is 28.7 Å². The second-order valence-electron chi connectivity index (χ2n) is 4.19. The Morgan fingerprint density at radius 3 is 3.12 bits per heavy atom. The maximum absolute atomic E-state index is 10.5. The molecule has 1 aliphatic rings. The quantitative estimate of drug-likeness (QED) is 0.888. The SMILES string of the molecule is O=C(O)CNC1CCN(c2cccc(Br)c2)C1. The van der Waals surface area contributed by atoms with Crippen molar-refractivity contribution in [3.05, 3.63) is 28.7 Å². The summed E-state index contributed by atoms with van der Waals surface area (Å²) in [5.41, 5.74) is 1.18. The molecular formula is C12H15BrN2O2. The van der Waals surface area contributed by atoms with E-state index in [9.17, 15) is 4.79 Å². The number of rotatable bonds is 4. The number of nitrogens with zero attached hydrogens (tertiary/aromatic N) is 1. The molecule has 5 heteroatoms. The highest BCUT2D eigenvalue weighted by atomic mass is 79.9. The van der Waals surface area contributed by atoms with Crippen LogP contribution in [0.4, 0.5) is 5.69 Å². The molecule has 1 fully saturated rings. The molecule has 0 aliphatic carbocycles. The lowest BCUT2D eigenvalue weighted by Crippen LogP contribution is -2.35. The fourth-order valence-corrected chi connectivity index (χ4v) is 2.45.